The van der Waals surface area contributed by atoms with Gasteiger partial charge in [0.25, 0.3) is 5.91 Å². The molecule has 2 aromatic rings. The topological polar surface area (TPSA) is 55.1 Å². The normalized spacial score (nSPS) is 10.3. The van der Waals surface area contributed by atoms with E-state index >= 15 is 0 Å². The van der Waals surface area contributed by atoms with E-state index in [0.29, 0.717) is 17.8 Å². The van der Waals surface area contributed by atoms with Gasteiger partial charge < -0.3 is 11.1 Å². The van der Waals surface area contributed by atoms with Crippen LogP contribution in [0, 0.1) is 0 Å². The lowest BCUT2D eigenvalue weighted by molar-refractivity contribution is 0.0955. The van der Waals surface area contributed by atoms with Gasteiger partial charge in [0.2, 0.25) is 0 Å². The van der Waals surface area contributed by atoms with Crippen molar-refractivity contribution in [1.29, 1.82) is 0 Å². The molecule has 0 atom stereocenters. The van der Waals surface area contributed by atoms with Gasteiger partial charge in [-0.15, -0.1) is 0 Å². The third-order valence-corrected chi connectivity index (χ3v) is 3.76. The quantitative estimate of drug-likeness (QED) is 0.849. The summed E-state index contributed by atoms with van der Waals surface area (Å²) in [5.74, 6) is -0.129. The minimum Gasteiger partial charge on any atom is -0.398 e. The SMILES string of the molecule is Nc1cc(Br)ccc1C(=O)NCCc1ccsc1. The van der Waals surface area contributed by atoms with Gasteiger partial charge in [-0.2, -0.15) is 11.3 Å². The summed E-state index contributed by atoms with van der Waals surface area (Å²) in [7, 11) is 0. The summed E-state index contributed by atoms with van der Waals surface area (Å²) in [6.45, 7) is 0.616. The minimum absolute atomic E-state index is 0.129. The van der Waals surface area contributed by atoms with Gasteiger partial charge in [-0.25, -0.2) is 0 Å². The van der Waals surface area contributed by atoms with E-state index < -0.39 is 0 Å². The molecule has 3 N–H and O–H groups in total. The number of carbonyl (C=O) groups is 1. The Labute approximate surface area is 118 Å². The number of anilines is 1. The zero-order valence-corrected chi connectivity index (χ0v) is 12.1. The molecule has 1 aromatic carbocycles. The molecule has 0 aliphatic heterocycles. The maximum Gasteiger partial charge on any atom is 0.253 e. The Morgan fingerprint density at radius 2 is 2.22 bits per heavy atom. The average Bonchev–Trinajstić information content (AvgIpc) is 2.81. The molecule has 0 fully saturated rings. The number of rotatable bonds is 4. The Bertz CT molecular complexity index is 540. The number of halogens is 1. The van der Waals surface area contributed by atoms with Crippen LogP contribution in [0.25, 0.3) is 0 Å². The maximum absolute atomic E-state index is 11.9. The van der Waals surface area contributed by atoms with Gasteiger partial charge in [-0.1, -0.05) is 15.9 Å². The van der Waals surface area contributed by atoms with Crippen LogP contribution in [-0.2, 0) is 6.42 Å². The highest BCUT2D eigenvalue weighted by Gasteiger charge is 2.09. The number of nitrogens with one attached hydrogen (secondary N) is 1. The summed E-state index contributed by atoms with van der Waals surface area (Å²) >= 11 is 4.97. The first-order valence-electron chi connectivity index (χ1n) is 5.51. The molecular weight excluding hydrogens is 312 g/mol. The highest BCUT2D eigenvalue weighted by atomic mass is 79.9. The number of nitrogens with two attached hydrogens (primary N) is 1. The second kappa shape index (κ2) is 6.02. The van der Waals surface area contributed by atoms with Gasteiger partial charge >= 0.3 is 0 Å². The lowest BCUT2D eigenvalue weighted by atomic mass is 10.1. The number of thiophene rings is 1. The monoisotopic (exact) mass is 324 g/mol. The molecule has 2 rings (SSSR count). The van der Waals surface area contributed by atoms with Crippen molar-refractivity contribution in [3.8, 4) is 0 Å². The van der Waals surface area contributed by atoms with E-state index in [2.05, 4.69) is 32.7 Å². The van der Waals surface area contributed by atoms with Crippen LogP contribution in [0.1, 0.15) is 15.9 Å². The fraction of sp³-hybridized carbons (Fsp3) is 0.154. The summed E-state index contributed by atoms with van der Waals surface area (Å²) in [4.78, 5) is 11.9. The van der Waals surface area contributed by atoms with Crippen LogP contribution < -0.4 is 11.1 Å². The molecule has 94 valence electrons. The first kappa shape index (κ1) is 13.1. The smallest absolute Gasteiger partial charge is 0.253 e. The van der Waals surface area contributed by atoms with Crippen molar-refractivity contribution in [3.63, 3.8) is 0 Å². The zero-order valence-electron chi connectivity index (χ0n) is 9.65. The van der Waals surface area contributed by atoms with Gasteiger partial charge in [0.1, 0.15) is 0 Å². The minimum atomic E-state index is -0.129. The molecule has 0 spiro atoms. The van der Waals surface area contributed by atoms with E-state index in [0.717, 1.165) is 10.9 Å². The molecular formula is C13H13BrN2OS. The van der Waals surface area contributed by atoms with Gasteiger partial charge in [-0.3, -0.25) is 4.79 Å². The Balaban J connectivity index is 1.91. The summed E-state index contributed by atoms with van der Waals surface area (Å²) < 4.78 is 0.870. The Kier molecular flexibility index (Phi) is 4.38. The highest BCUT2D eigenvalue weighted by Crippen LogP contribution is 2.18. The number of hydrogen-bond acceptors (Lipinski definition) is 3. The fourth-order valence-electron chi connectivity index (χ4n) is 1.59. The first-order valence-corrected chi connectivity index (χ1v) is 7.24. The highest BCUT2D eigenvalue weighted by molar-refractivity contribution is 9.10. The molecule has 0 aliphatic carbocycles. The number of amides is 1. The third-order valence-electron chi connectivity index (χ3n) is 2.54. The number of carbonyl (C=O) groups excluding carboxylic acids is 1. The van der Waals surface area contributed by atoms with Crippen LogP contribution in [0.5, 0.6) is 0 Å². The van der Waals surface area contributed by atoms with Crippen LogP contribution in [0.4, 0.5) is 5.69 Å². The van der Waals surface area contributed by atoms with Gasteiger partial charge in [0.15, 0.2) is 0 Å². The molecule has 0 unspecified atom stereocenters. The Morgan fingerprint density at radius 1 is 1.39 bits per heavy atom. The summed E-state index contributed by atoms with van der Waals surface area (Å²) in [5, 5.41) is 6.98. The molecule has 0 saturated carbocycles. The Hall–Kier alpha value is -1.33. The second-order valence-electron chi connectivity index (χ2n) is 3.87. The molecule has 18 heavy (non-hydrogen) atoms. The molecule has 1 amide bonds. The van der Waals surface area contributed by atoms with Crippen molar-refractivity contribution < 1.29 is 4.79 Å². The molecule has 0 radical (unpaired) electrons. The molecule has 1 aromatic heterocycles. The van der Waals surface area contributed by atoms with Crippen molar-refractivity contribution >= 4 is 38.9 Å². The molecule has 3 nitrogen and oxygen atoms in total. The molecule has 0 aliphatic rings. The fourth-order valence-corrected chi connectivity index (χ4v) is 2.67. The average molecular weight is 325 g/mol. The number of benzene rings is 1. The van der Waals surface area contributed by atoms with Crippen LogP contribution in [-0.4, -0.2) is 12.5 Å². The third kappa shape index (κ3) is 3.34. The van der Waals surface area contributed by atoms with Crippen molar-refractivity contribution in [2.45, 2.75) is 6.42 Å². The molecule has 0 bridgehead atoms. The molecule has 1 heterocycles. The first-order chi connectivity index (χ1) is 8.66. The van der Waals surface area contributed by atoms with Crippen molar-refractivity contribution in [1.82, 2.24) is 5.32 Å². The largest absolute Gasteiger partial charge is 0.398 e. The van der Waals surface area contributed by atoms with E-state index in [1.807, 2.05) is 11.4 Å². The van der Waals surface area contributed by atoms with E-state index in [9.17, 15) is 4.79 Å². The Morgan fingerprint density at radius 3 is 2.89 bits per heavy atom. The number of nitrogen functional groups attached to an aromatic ring is 1. The summed E-state index contributed by atoms with van der Waals surface area (Å²) in [6, 6.07) is 7.32. The summed E-state index contributed by atoms with van der Waals surface area (Å²) in [6.07, 6.45) is 0.839. The van der Waals surface area contributed by atoms with E-state index in [-0.39, 0.29) is 5.91 Å². The van der Waals surface area contributed by atoms with Gasteiger partial charge in [-0.05, 0) is 47.0 Å². The summed E-state index contributed by atoms with van der Waals surface area (Å²) in [5.41, 5.74) is 8.04. The van der Waals surface area contributed by atoms with E-state index in [1.54, 1.807) is 23.5 Å². The van der Waals surface area contributed by atoms with Crippen LogP contribution in [0.15, 0.2) is 39.5 Å². The molecule has 5 heteroatoms. The molecule has 0 saturated heterocycles. The van der Waals surface area contributed by atoms with E-state index in [4.69, 9.17) is 5.73 Å². The zero-order chi connectivity index (χ0) is 13.0. The van der Waals surface area contributed by atoms with E-state index in [1.165, 1.54) is 5.56 Å². The van der Waals surface area contributed by atoms with Gasteiger partial charge in [0.05, 0.1) is 5.56 Å². The van der Waals surface area contributed by atoms with Crippen LogP contribution in [0.3, 0.4) is 0 Å². The lowest BCUT2D eigenvalue weighted by Gasteiger charge is -2.07. The standard InChI is InChI=1S/C13H13BrN2OS/c14-10-1-2-11(12(15)7-10)13(17)16-5-3-9-4-6-18-8-9/h1-2,4,6-8H,3,5,15H2,(H,16,17). The van der Waals surface area contributed by atoms with Crippen molar-refractivity contribution in [2.75, 3.05) is 12.3 Å². The van der Waals surface area contributed by atoms with Crippen molar-refractivity contribution in [3.05, 3.63) is 50.6 Å². The maximum atomic E-state index is 11.9. The number of hydrogen-bond donors (Lipinski definition) is 2. The van der Waals surface area contributed by atoms with Gasteiger partial charge in [0, 0.05) is 16.7 Å². The van der Waals surface area contributed by atoms with Crippen LogP contribution in [0.2, 0.25) is 0 Å². The second-order valence-corrected chi connectivity index (χ2v) is 5.56. The predicted octanol–water partition coefficient (Wildman–Crippen LogP) is 3.07. The van der Waals surface area contributed by atoms with Crippen molar-refractivity contribution in [2.24, 2.45) is 0 Å². The predicted molar refractivity (Wildman–Crippen MR) is 78.9 cm³/mol. The van der Waals surface area contributed by atoms with Crippen LogP contribution >= 0.6 is 27.3 Å². The lowest BCUT2D eigenvalue weighted by Crippen LogP contribution is -2.26.